The molecule has 4 heteroatoms. The highest BCUT2D eigenvalue weighted by Crippen LogP contribution is 2.27. The summed E-state index contributed by atoms with van der Waals surface area (Å²) in [6.45, 7) is 4.86. The number of nitrogens with zero attached hydrogens (tertiary/aromatic N) is 3. The van der Waals surface area contributed by atoms with Gasteiger partial charge in [0.1, 0.15) is 0 Å². The summed E-state index contributed by atoms with van der Waals surface area (Å²) in [6, 6.07) is 2.81. The van der Waals surface area contributed by atoms with Gasteiger partial charge in [0.15, 0.2) is 0 Å². The number of nitrogens with one attached hydrogen (secondary N) is 1. The van der Waals surface area contributed by atoms with Crippen LogP contribution in [-0.2, 0) is 13.6 Å². The van der Waals surface area contributed by atoms with E-state index in [9.17, 15) is 0 Å². The summed E-state index contributed by atoms with van der Waals surface area (Å²) in [5.41, 5.74) is 1.28. The lowest BCUT2D eigenvalue weighted by molar-refractivity contribution is 0.219. The molecule has 3 atom stereocenters. The molecule has 4 nitrogen and oxygen atoms in total. The van der Waals surface area contributed by atoms with Gasteiger partial charge in [-0.3, -0.25) is 4.68 Å². The second-order valence-electron chi connectivity index (χ2n) is 5.07. The first-order valence-corrected chi connectivity index (χ1v) is 6.25. The first kappa shape index (κ1) is 10.3. The Kier molecular flexibility index (Phi) is 2.69. The third kappa shape index (κ3) is 1.87. The van der Waals surface area contributed by atoms with Crippen molar-refractivity contribution in [3.8, 4) is 0 Å². The van der Waals surface area contributed by atoms with Gasteiger partial charge in [-0.05, 0) is 37.9 Å². The van der Waals surface area contributed by atoms with Crippen LogP contribution in [0.5, 0.6) is 0 Å². The van der Waals surface area contributed by atoms with E-state index in [4.69, 9.17) is 0 Å². The minimum absolute atomic E-state index is 0.716. The first-order chi connectivity index (χ1) is 7.83. The third-order valence-electron chi connectivity index (χ3n) is 4.10. The molecule has 0 saturated carbocycles. The van der Waals surface area contributed by atoms with E-state index in [1.807, 2.05) is 17.9 Å². The van der Waals surface area contributed by atoms with Gasteiger partial charge in [0.25, 0.3) is 0 Å². The van der Waals surface area contributed by atoms with E-state index in [-0.39, 0.29) is 0 Å². The predicted molar refractivity (Wildman–Crippen MR) is 63.0 cm³/mol. The van der Waals surface area contributed by atoms with Gasteiger partial charge < -0.3 is 10.2 Å². The number of rotatable bonds is 3. The maximum absolute atomic E-state index is 4.20. The molecule has 0 aromatic carbocycles. The SMILES string of the molecule is Cn1nccc1CNC1CCN2CCC1C2. The Labute approximate surface area is 96.6 Å². The predicted octanol–water partition coefficient (Wildman–Crippen LogP) is 0.604. The molecule has 2 bridgehead atoms. The summed E-state index contributed by atoms with van der Waals surface area (Å²) < 4.78 is 1.96. The zero-order valence-corrected chi connectivity index (χ0v) is 9.89. The van der Waals surface area contributed by atoms with Crippen molar-refractivity contribution in [3.05, 3.63) is 18.0 Å². The van der Waals surface area contributed by atoms with Crippen molar-refractivity contribution >= 4 is 0 Å². The van der Waals surface area contributed by atoms with E-state index in [1.165, 1.54) is 38.2 Å². The van der Waals surface area contributed by atoms with Gasteiger partial charge >= 0.3 is 0 Å². The lowest BCUT2D eigenvalue weighted by Crippen LogP contribution is -2.43. The zero-order valence-electron chi connectivity index (χ0n) is 9.89. The molecule has 2 saturated heterocycles. The van der Waals surface area contributed by atoms with Crippen molar-refractivity contribution < 1.29 is 0 Å². The van der Waals surface area contributed by atoms with E-state index in [2.05, 4.69) is 21.4 Å². The smallest absolute Gasteiger partial charge is 0.0518 e. The van der Waals surface area contributed by atoms with Crippen LogP contribution < -0.4 is 5.32 Å². The second kappa shape index (κ2) is 4.18. The van der Waals surface area contributed by atoms with Crippen LogP contribution in [0.25, 0.3) is 0 Å². The first-order valence-electron chi connectivity index (χ1n) is 6.25. The highest BCUT2D eigenvalue weighted by atomic mass is 15.3. The molecule has 3 heterocycles. The fourth-order valence-electron chi connectivity index (χ4n) is 3.03. The number of piperidine rings is 1. The van der Waals surface area contributed by atoms with Crippen molar-refractivity contribution in [3.63, 3.8) is 0 Å². The Bertz CT molecular complexity index is 360. The summed E-state index contributed by atoms with van der Waals surface area (Å²) in [4.78, 5) is 2.59. The summed E-state index contributed by atoms with van der Waals surface area (Å²) in [5.74, 6) is 0.877. The standard InChI is InChI=1S/C12H20N4/c1-15-11(2-5-14-15)8-13-12-4-7-16-6-3-10(12)9-16/h2,5,10,12-13H,3-4,6-9H2,1H3. The average molecular weight is 220 g/mol. The van der Waals surface area contributed by atoms with Gasteiger partial charge in [-0.25, -0.2) is 0 Å². The molecule has 0 aliphatic carbocycles. The Hall–Kier alpha value is -0.870. The summed E-state index contributed by atoms with van der Waals surface area (Å²) in [6.07, 6.45) is 4.56. The van der Waals surface area contributed by atoms with Gasteiger partial charge in [0.2, 0.25) is 0 Å². The molecule has 3 rings (SSSR count). The second-order valence-corrected chi connectivity index (χ2v) is 5.07. The Balaban J connectivity index is 1.57. The van der Waals surface area contributed by atoms with E-state index < -0.39 is 0 Å². The number of fused-ring (bicyclic) bond motifs is 2. The number of hydrogen-bond donors (Lipinski definition) is 1. The molecule has 1 aromatic rings. The van der Waals surface area contributed by atoms with E-state index in [0.717, 1.165) is 12.5 Å². The van der Waals surface area contributed by atoms with Crippen molar-refractivity contribution in [2.45, 2.75) is 25.4 Å². The highest BCUT2D eigenvalue weighted by molar-refractivity contribution is 5.00. The van der Waals surface area contributed by atoms with Crippen LogP contribution in [0.2, 0.25) is 0 Å². The summed E-state index contributed by atoms with van der Waals surface area (Å²) >= 11 is 0. The number of aromatic nitrogens is 2. The van der Waals surface area contributed by atoms with Crippen LogP contribution in [0.1, 0.15) is 18.5 Å². The topological polar surface area (TPSA) is 33.1 Å². The molecular formula is C12H20N4. The molecule has 2 fully saturated rings. The molecule has 2 aliphatic heterocycles. The van der Waals surface area contributed by atoms with Crippen molar-refractivity contribution in [1.29, 1.82) is 0 Å². The van der Waals surface area contributed by atoms with Gasteiger partial charge in [0.05, 0.1) is 5.69 Å². The monoisotopic (exact) mass is 220 g/mol. The maximum atomic E-state index is 4.20. The molecule has 0 radical (unpaired) electrons. The quantitative estimate of drug-likeness (QED) is 0.810. The van der Waals surface area contributed by atoms with Crippen LogP contribution in [0.4, 0.5) is 0 Å². The van der Waals surface area contributed by atoms with Crippen molar-refractivity contribution in [2.24, 2.45) is 13.0 Å². The Morgan fingerprint density at radius 1 is 1.44 bits per heavy atom. The van der Waals surface area contributed by atoms with E-state index in [1.54, 1.807) is 0 Å². The minimum Gasteiger partial charge on any atom is -0.308 e. The minimum atomic E-state index is 0.716. The lowest BCUT2D eigenvalue weighted by Gasteiger charge is -2.31. The fraction of sp³-hybridized carbons (Fsp3) is 0.750. The Morgan fingerprint density at radius 2 is 2.31 bits per heavy atom. The Morgan fingerprint density at radius 3 is 3.12 bits per heavy atom. The summed E-state index contributed by atoms with van der Waals surface area (Å²) in [7, 11) is 2.01. The van der Waals surface area contributed by atoms with Crippen LogP contribution in [0.3, 0.4) is 0 Å². The van der Waals surface area contributed by atoms with Crippen LogP contribution in [-0.4, -0.2) is 40.4 Å². The average Bonchev–Trinajstić information content (AvgIpc) is 2.86. The molecule has 3 unspecified atom stereocenters. The molecule has 16 heavy (non-hydrogen) atoms. The number of hydrogen-bond acceptors (Lipinski definition) is 3. The van der Waals surface area contributed by atoms with Gasteiger partial charge in [-0.15, -0.1) is 0 Å². The largest absolute Gasteiger partial charge is 0.308 e. The van der Waals surface area contributed by atoms with Gasteiger partial charge in [-0.1, -0.05) is 0 Å². The summed E-state index contributed by atoms with van der Waals surface area (Å²) in [5, 5.41) is 7.90. The van der Waals surface area contributed by atoms with Crippen LogP contribution >= 0.6 is 0 Å². The van der Waals surface area contributed by atoms with Gasteiger partial charge in [0, 0.05) is 32.4 Å². The van der Waals surface area contributed by atoms with Crippen molar-refractivity contribution in [1.82, 2.24) is 20.0 Å². The molecule has 0 spiro atoms. The maximum Gasteiger partial charge on any atom is 0.0518 e. The fourth-order valence-corrected chi connectivity index (χ4v) is 3.03. The molecule has 88 valence electrons. The number of aryl methyl sites for hydroxylation is 1. The molecule has 1 N–H and O–H groups in total. The van der Waals surface area contributed by atoms with E-state index in [0.29, 0.717) is 6.04 Å². The van der Waals surface area contributed by atoms with Gasteiger partial charge in [-0.2, -0.15) is 5.10 Å². The van der Waals surface area contributed by atoms with Crippen LogP contribution in [0, 0.1) is 5.92 Å². The van der Waals surface area contributed by atoms with Crippen molar-refractivity contribution in [2.75, 3.05) is 19.6 Å². The molecular weight excluding hydrogens is 200 g/mol. The van der Waals surface area contributed by atoms with Crippen LogP contribution in [0.15, 0.2) is 12.3 Å². The van der Waals surface area contributed by atoms with E-state index >= 15 is 0 Å². The normalized spacial score (nSPS) is 33.2. The third-order valence-corrected chi connectivity index (χ3v) is 4.10. The molecule has 1 aromatic heterocycles. The lowest BCUT2D eigenvalue weighted by atomic mass is 9.94. The highest BCUT2D eigenvalue weighted by Gasteiger charge is 2.33. The molecule has 2 aliphatic rings. The zero-order chi connectivity index (χ0) is 11.0. The molecule has 0 amide bonds.